The van der Waals surface area contributed by atoms with E-state index in [2.05, 4.69) is 5.32 Å². The summed E-state index contributed by atoms with van der Waals surface area (Å²) in [6, 6.07) is 6.40. The fourth-order valence-corrected chi connectivity index (χ4v) is 2.23. The van der Waals surface area contributed by atoms with E-state index >= 15 is 0 Å². The maximum atomic E-state index is 12.9. The van der Waals surface area contributed by atoms with Gasteiger partial charge in [-0.3, -0.25) is 4.79 Å². The minimum absolute atomic E-state index is 0. The molecule has 0 bridgehead atoms. The number of carbonyl (C=O) groups excluding carboxylic acids is 1. The summed E-state index contributed by atoms with van der Waals surface area (Å²) in [6.07, 6.45) is 1.63. The number of hydrogen-bond donors (Lipinski definition) is 1. The molecular formula is C15H20ClFN2O. The lowest BCUT2D eigenvalue weighted by atomic mass is 10.1. The van der Waals surface area contributed by atoms with Crippen molar-refractivity contribution in [3.63, 3.8) is 0 Å². The number of rotatable bonds is 2. The van der Waals surface area contributed by atoms with Crippen molar-refractivity contribution in [2.45, 2.75) is 19.9 Å². The highest BCUT2D eigenvalue weighted by atomic mass is 35.5. The largest absolute Gasteiger partial charge is 0.334 e. The zero-order chi connectivity index (χ0) is 13.8. The molecule has 1 N–H and O–H groups in total. The van der Waals surface area contributed by atoms with Gasteiger partial charge in [-0.1, -0.05) is 12.1 Å². The van der Waals surface area contributed by atoms with Crippen LogP contribution in [0, 0.1) is 5.82 Å². The Kier molecular flexibility index (Phi) is 6.17. The lowest BCUT2D eigenvalue weighted by Gasteiger charge is -2.33. The Morgan fingerprint density at radius 3 is 2.65 bits per heavy atom. The minimum atomic E-state index is -0.265. The molecule has 110 valence electrons. The average molecular weight is 299 g/mol. The van der Waals surface area contributed by atoms with E-state index in [4.69, 9.17) is 0 Å². The van der Waals surface area contributed by atoms with Crippen molar-refractivity contribution in [1.82, 2.24) is 10.2 Å². The summed E-state index contributed by atoms with van der Waals surface area (Å²) in [5, 5.41) is 3.25. The van der Waals surface area contributed by atoms with Crippen LogP contribution < -0.4 is 5.32 Å². The fraction of sp³-hybridized carbons (Fsp3) is 0.400. The first-order chi connectivity index (χ1) is 9.08. The molecule has 0 aromatic heterocycles. The molecule has 0 spiro atoms. The van der Waals surface area contributed by atoms with Crippen molar-refractivity contribution in [2.24, 2.45) is 0 Å². The van der Waals surface area contributed by atoms with Gasteiger partial charge in [0.05, 0.1) is 0 Å². The number of nitrogens with zero attached hydrogens (tertiary/aromatic N) is 1. The van der Waals surface area contributed by atoms with Gasteiger partial charge in [0, 0.05) is 31.8 Å². The predicted octanol–water partition coefficient (Wildman–Crippen LogP) is 2.47. The van der Waals surface area contributed by atoms with E-state index in [1.807, 2.05) is 18.7 Å². The molecule has 1 aliphatic heterocycles. The summed E-state index contributed by atoms with van der Waals surface area (Å²) in [5.74, 6) is -0.241. The maximum Gasteiger partial charge on any atom is 0.247 e. The fourth-order valence-electron chi connectivity index (χ4n) is 2.23. The first-order valence-electron chi connectivity index (χ1n) is 6.53. The van der Waals surface area contributed by atoms with E-state index in [9.17, 15) is 9.18 Å². The average Bonchev–Trinajstić information content (AvgIpc) is 2.39. The maximum absolute atomic E-state index is 12.9. The molecule has 2 rings (SSSR count). The highest BCUT2D eigenvalue weighted by molar-refractivity contribution is 5.95. The number of hydrogen-bond acceptors (Lipinski definition) is 2. The molecule has 20 heavy (non-hydrogen) atoms. The second-order valence-electron chi connectivity index (χ2n) is 4.92. The van der Waals surface area contributed by atoms with Crippen LogP contribution in [0.15, 0.2) is 30.3 Å². The molecule has 1 heterocycles. The smallest absolute Gasteiger partial charge is 0.247 e. The number of piperazine rings is 1. The second-order valence-corrected chi connectivity index (χ2v) is 4.92. The van der Waals surface area contributed by atoms with E-state index in [1.165, 1.54) is 12.1 Å². The van der Waals surface area contributed by atoms with E-state index in [-0.39, 0.29) is 30.2 Å². The highest BCUT2D eigenvalue weighted by Crippen LogP contribution is 2.15. The molecule has 5 heteroatoms. The Balaban J connectivity index is 0.00000200. The van der Waals surface area contributed by atoms with E-state index < -0.39 is 0 Å². The molecule has 0 radical (unpaired) electrons. The summed E-state index contributed by atoms with van der Waals surface area (Å²) in [5.41, 5.74) is 1.73. The lowest BCUT2D eigenvalue weighted by Crippen LogP contribution is -2.51. The van der Waals surface area contributed by atoms with Crippen LogP contribution in [0.2, 0.25) is 0 Å². The van der Waals surface area contributed by atoms with Gasteiger partial charge in [0.25, 0.3) is 0 Å². The summed E-state index contributed by atoms with van der Waals surface area (Å²) in [4.78, 5) is 14.1. The molecule has 1 aromatic rings. The number of allylic oxidation sites excluding steroid dienone is 1. The van der Waals surface area contributed by atoms with Crippen molar-refractivity contribution in [2.75, 3.05) is 19.6 Å². The molecule has 3 nitrogen and oxygen atoms in total. The third-order valence-electron chi connectivity index (χ3n) is 3.42. The van der Waals surface area contributed by atoms with Crippen LogP contribution >= 0.6 is 12.4 Å². The summed E-state index contributed by atoms with van der Waals surface area (Å²) in [7, 11) is 0. The first-order valence-corrected chi connectivity index (χ1v) is 6.53. The molecule has 1 fully saturated rings. The number of halogens is 2. The quantitative estimate of drug-likeness (QED) is 0.851. The molecule has 1 aromatic carbocycles. The van der Waals surface area contributed by atoms with Gasteiger partial charge in [0.15, 0.2) is 0 Å². The van der Waals surface area contributed by atoms with Crippen LogP contribution in [0.4, 0.5) is 4.39 Å². The van der Waals surface area contributed by atoms with Crippen molar-refractivity contribution in [3.8, 4) is 0 Å². The van der Waals surface area contributed by atoms with Crippen LogP contribution in [-0.4, -0.2) is 36.5 Å². The third kappa shape index (κ3) is 4.05. The number of benzene rings is 1. The van der Waals surface area contributed by atoms with Gasteiger partial charge < -0.3 is 10.2 Å². The minimum Gasteiger partial charge on any atom is -0.334 e. The molecule has 0 aliphatic carbocycles. The molecule has 1 saturated heterocycles. The van der Waals surface area contributed by atoms with Crippen LogP contribution in [-0.2, 0) is 4.79 Å². The Bertz CT molecular complexity index is 487. The van der Waals surface area contributed by atoms with Crippen molar-refractivity contribution < 1.29 is 9.18 Å². The van der Waals surface area contributed by atoms with Crippen LogP contribution in [0.1, 0.15) is 19.4 Å². The van der Waals surface area contributed by atoms with E-state index in [0.717, 1.165) is 30.8 Å². The second kappa shape index (κ2) is 7.41. The number of amides is 1. The Morgan fingerprint density at radius 2 is 2.05 bits per heavy atom. The van der Waals surface area contributed by atoms with Gasteiger partial charge in [-0.05, 0) is 37.1 Å². The lowest BCUT2D eigenvalue weighted by molar-refractivity contribution is -0.128. The van der Waals surface area contributed by atoms with E-state index in [1.54, 1.807) is 18.2 Å². The topological polar surface area (TPSA) is 32.3 Å². The Morgan fingerprint density at radius 1 is 1.40 bits per heavy atom. The van der Waals surface area contributed by atoms with Gasteiger partial charge in [-0.25, -0.2) is 4.39 Å². The van der Waals surface area contributed by atoms with Gasteiger partial charge in [-0.2, -0.15) is 0 Å². The number of carbonyl (C=O) groups is 1. The summed E-state index contributed by atoms with van der Waals surface area (Å²) in [6.45, 7) is 6.30. The SMILES string of the molecule is C/C(=C\C(=O)N1CCNCC1C)c1ccc(F)cc1.Cl. The summed E-state index contributed by atoms with van der Waals surface area (Å²) >= 11 is 0. The van der Waals surface area contributed by atoms with Gasteiger partial charge in [-0.15, -0.1) is 12.4 Å². The zero-order valence-corrected chi connectivity index (χ0v) is 12.5. The molecule has 1 unspecified atom stereocenters. The van der Waals surface area contributed by atoms with Gasteiger partial charge in [0.1, 0.15) is 5.82 Å². The Labute approximate surface area is 125 Å². The highest BCUT2D eigenvalue weighted by Gasteiger charge is 2.21. The summed E-state index contributed by atoms with van der Waals surface area (Å²) < 4.78 is 12.9. The molecule has 1 aliphatic rings. The van der Waals surface area contributed by atoms with Gasteiger partial charge >= 0.3 is 0 Å². The van der Waals surface area contributed by atoms with Crippen molar-refractivity contribution in [1.29, 1.82) is 0 Å². The molecule has 1 amide bonds. The van der Waals surface area contributed by atoms with Crippen molar-refractivity contribution >= 4 is 23.9 Å². The third-order valence-corrected chi connectivity index (χ3v) is 3.42. The molecule has 1 atom stereocenters. The molecular weight excluding hydrogens is 279 g/mol. The number of nitrogens with one attached hydrogen (secondary N) is 1. The van der Waals surface area contributed by atoms with Gasteiger partial charge in [0.2, 0.25) is 5.91 Å². The molecule has 0 saturated carbocycles. The van der Waals surface area contributed by atoms with Crippen LogP contribution in [0.3, 0.4) is 0 Å². The van der Waals surface area contributed by atoms with Crippen molar-refractivity contribution in [3.05, 3.63) is 41.7 Å². The Hall–Kier alpha value is -1.39. The standard InChI is InChI=1S/C15H19FN2O.ClH/c1-11(13-3-5-14(16)6-4-13)9-15(19)18-8-7-17-10-12(18)2;/h3-6,9,12,17H,7-8,10H2,1-2H3;1H/b11-9+;. The van der Waals surface area contributed by atoms with Crippen LogP contribution in [0.5, 0.6) is 0 Å². The normalized spacial score (nSPS) is 19.4. The monoisotopic (exact) mass is 298 g/mol. The predicted molar refractivity (Wildman–Crippen MR) is 81.3 cm³/mol. The first kappa shape index (κ1) is 16.7. The van der Waals surface area contributed by atoms with Crippen LogP contribution in [0.25, 0.3) is 5.57 Å². The van der Waals surface area contributed by atoms with E-state index in [0.29, 0.717) is 0 Å². The zero-order valence-electron chi connectivity index (χ0n) is 11.7.